The maximum absolute atomic E-state index is 12.3. The zero-order valence-electron chi connectivity index (χ0n) is 15.6. The van der Waals surface area contributed by atoms with E-state index in [1.807, 2.05) is 31.2 Å². The molecule has 0 bridgehead atoms. The number of nitrogens with one attached hydrogen (secondary N) is 2. The fourth-order valence-electron chi connectivity index (χ4n) is 3.33. The molecule has 6 nitrogen and oxygen atoms in total. The zero-order chi connectivity index (χ0) is 19.4. The molecule has 0 radical (unpaired) electrons. The first-order valence-corrected chi connectivity index (χ1v) is 11.1. The Morgan fingerprint density at radius 3 is 2.48 bits per heavy atom. The van der Waals surface area contributed by atoms with Crippen molar-refractivity contribution in [2.24, 2.45) is 0 Å². The van der Waals surface area contributed by atoms with E-state index in [4.69, 9.17) is 0 Å². The molecule has 1 aliphatic carbocycles. The van der Waals surface area contributed by atoms with Gasteiger partial charge in [-0.05, 0) is 50.5 Å². The molecule has 7 heteroatoms. The molecule has 1 aromatic carbocycles. The number of benzene rings is 1. The van der Waals surface area contributed by atoms with E-state index in [0.717, 1.165) is 30.5 Å². The van der Waals surface area contributed by atoms with Crippen LogP contribution in [0.5, 0.6) is 0 Å². The number of nitrogens with zero attached hydrogens (tertiary/aromatic N) is 1. The Hall–Kier alpha value is -2.41. The highest BCUT2D eigenvalue weighted by Gasteiger charge is 2.28. The van der Waals surface area contributed by atoms with Gasteiger partial charge in [0.2, 0.25) is 0 Å². The highest BCUT2D eigenvalue weighted by molar-refractivity contribution is 7.91. The molecule has 2 atom stereocenters. The summed E-state index contributed by atoms with van der Waals surface area (Å²) in [5.41, 5.74) is 2.34. The van der Waals surface area contributed by atoms with Crippen molar-refractivity contribution in [1.29, 1.82) is 0 Å². The first kappa shape index (κ1) is 19.4. The Morgan fingerprint density at radius 2 is 1.85 bits per heavy atom. The molecule has 1 saturated carbocycles. The highest BCUT2D eigenvalue weighted by atomic mass is 32.2. The number of sulfone groups is 1. The number of hydrogen-bond donors (Lipinski definition) is 2. The quantitative estimate of drug-likeness (QED) is 0.821. The summed E-state index contributed by atoms with van der Waals surface area (Å²) < 4.78 is 23.6. The zero-order valence-corrected chi connectivity index (χ0v) is 16.4. The van der Waals surface area contributed by atoms with Crippen LogP contribution < -0.4 is 10.6 Å². The SMILES string of the molecule is Cc1ccc(NC(=O)c2ccc(NC3CCCC(S(C)(=O)=O)C3)nc2)cc1. The summed E-state index contributed by atoms with van der Waals surface area (Å²) in [6, 6.07) is 11.2. The number of amides is 1. The number of carbonyl (C=O) groups excluding carboxylic acids is 1. The second-order valence-electron chi connectivity index (χ2n) is 7.21. The van der Waals surface area contributed by atoms with Gasteiger partial charge in [0.25, 0.3) is 5.91 Å². The van der Waals surface area contributed by atoms with Crippen molar-refractivity contribution in [3.8, 4) is 0 Å². The van der Waals surface area contributed by atoms with Crippen LogP contribution in [-0.2, 0) is 9.84 Å². The average molecular weight is 388 g/mol. The topological polar surface area (TPSA) is 88.2 Å². The molecular weight excluding hydrogens is 362 g/mol. The Balaban J connectivity index is 1.60. The fourth-order valence-corrected chi connectivity index (χ4v) is 4.50. The van der Waals surface area contributed by atoms with Crippen molar-refractivity contribution < 1.29 is 13.2 Å². The standard InChI is InChI=1S/C20H25N3O3S/c1-14-6-9-16(10-7-14)23-20(24)15-8-11-19(21-13-15)22-17-4-3-5-18(12-17)27(2,25)26/h6-11,13,17-18H,3-5,12H2,1-2H3,(H,21,22)(H,23,24). The van der Waals surface area contributed by atoms with Gasteiger partial charge in [-0.3, -0.25) is 4.79 Å². The van der Waals surface area contributed by atoms with E-state index in [9.17, 15) is 13.2 Å². The molecule has 1 aliphatic rings. The van der Waals surface area contributed by atoms with Crippen LogP contribution in [0.2, 0.25) is 0 Å². The maximum atomic E-state index is 12.3. The number of anilines is 2. The van der Waals surface area contributed by atoms with Gasteiger partial charge < -0.3 is 10.6 Å². The van der Waals surface area contributed by atoms with Gasteiger partial charge in [-0.1, -0.05) is 24.1 Å². The van der Waals surface area contributed by atoms with Crippen molar-refractivity contribution in [3.63, 3.8) is 0 Å². The van der Waals surface area contributed by atoms with E-state index in [-0.39, 0.29) is 17.2 Å². The second kappa shape index (κ2) is 8.08. The third-order valence-corrected chi connectivity index (χ3v) is 6.56. The summed E-state index contributed by atoms with van der Waals surface area (Å²) in [7, 11) is -3.01. The number of hydrogen-bond acceptors (Lipinski definition) is 5. The van der Waals surface area contributed by atoms with Gasteiger partial charge in [0.1, 0.15) is 15.7 Å². The van der Waals surface area contributed by atoms with Gasteiger partial charge in [0.05, 0.1) is 10.8 Å². The van der Waals surface area contributed by atoms with Gasteiger partial charge in [-0.25, -0.2) is 13.4 Å². The largest absolute Gasteiger partial charge is 0.367 e. The third kappa shape index (κ3) is 5.29. The van der Waals surface area contributed by atoms with Gasteiger partial charge in [0, 0.05) is 24.2 Å². The lowest BCUT2D eigenvalue weighted by Gasteiger charge is -2.29. The summed E-state index contributed by atoms with van der Waals surface area (Å²) in [6.45, 7) is 1.99. The van der Waals surface area contributed by atoms with E-state index in [1.54, 1.807) is 12.1 Å². The van der Waals surface area contributed by atoms with Crippen molar-refractivity contribution in [2.75, 3.05) is 16.9 Å². The predicted molar refractivity (Wildman–Crippen MR) is 108 cm³/mol. The van der Waals surface area contributed by atoms with Gasteiger partial charge >= 0.3 is 0 Å². The van der Waals surface area contributed by atoms with Crippen LogP contribution in [-0.4, -0.2) is 36.9 Å². The van der Waals surface area contributed by atoms with Gasteiger partial charge in [-0.2, -0.15) is 0 Å². The number of rotatable bonds is 5. The van der Waals surface area contributed by atoms with Crippen LogP contribution in [0.1, 0.15) is 41.6 Å². The van der Waals surface area contributed by atoms with Crippen molar-refractivity contribution in [3.05, 3.63) is 53.7 Å². The number of aromatic nitrogens is 1. The lowest BCUT2D eigenvalue weighted by molar-refractivity contribution is 0.102. The second-order valence-corrected chi connectivity index (χ2v) is 9.54. The lowest BCUT2D eigenvalue weighted by Crippen LogP contribution is -2.34. The summed E-state index contributed by atoms with van der Waals surface area (Å²) in [6.07, 6.45) is 5.96. The van der Waals surface area contributed by atoms with Crippen LogP contribution >= 0.6 is 0 Å². The number of pyridine rings is 1. The summed E-state index contributed by atoms with van der Waals surface area (Å²) in [5.74, 6) is 0.439. The van der Waals surface area contributed by atoms with Crippen molar-refractivity contribution in [1.82, 2.24) is 4.98 Å². The Bertz CT molecular complexity index is 893. The summed E-state index contributed by atoms with van der Waals surface area (Å²) >= 11 is 0. The van der Waals surface area contributed by atoms with E-state index < -0.39 is 9.84 Å². The average Bonchev–Trinajstić information content (AvgIpc) is 2.64. The molecule has 2 unspecified atom stereocenters. The van der Waals surface area contributed by atoms with E-state index >= 15 is 0 Å². The molecule has 0 saturated heterocycles. The molecular formula is C20H25N3O3S. The van der Waals surface area contributed by atoms with Crippen molar-refractivity contribution >= 4 is 27.2 Å². The molecule has 0 aliphatic heterocycles. The highest BCUT2D eigenvalue weighted by Crippen LogP contribution is 2.26. The van der Waals surface area contributed by atoms with Gasteiger partial charge in [-0.15, -0.1) is 0 Å². The molecule has 1 amide bonds. The first-order valence-electron chi connectivity index (χ1n) is 9.11. The molecule has 1 aromatic heterocycles. The summed E-state index contributed by atoms with van der Waals surface area (Å²) in [5, 5.41) is 5.85. The number of carbonyl (C=O) groups is 1. The molecule has 1 heterocycles. The van der Waals surface area contributed by atoms with E-state index in [1.165, 1.54) is 12.5 Å². The normalized spacial score (nSPS) is 20.1. The van der Waals surface area contributed by atoms with Crippen molar-refractivity contribution in [2.45, 2.75) is 43.9 Å². The Labute approximate surface area is 160 Å². The maximum Gasteiger partial charge on any atom is 0.257 e. The molecule has 2 N–H and O–H groups in total. The Kier molecular flexibility index (Phi) is 5.79. The van der Waals surface area contributed by atoms with Gasteiger partial charge in [0.15, 0.2) is 0 Å². The predicted octanol–water partition coefficient (Wildman–Crippen LogP) is 3.41. The van der Waals surface area contributed by atoms with Crippen LogP contribution in [0.3, 0.4) is 0 Å². The number of aryl methyl sites for hydroxylation is 1. The Morgan fingerprint density at radius 1 is 1.11 bits per heavy atom. The minimum Gasteiger partial charge on any atom is -0.367 e. The molecule has 2 aromatic rings. The molecule has 3 rings (SSSR count). The smallest absolute Gasteiger partial charge is 0.257 e. The molecule has 1 fully saturated rings. The minimum absolute atomic E-state index is 0.0817. The van der Waals surface area contributed by atoms with E-state index in [2.05, 4.69) is 15.6 Å². The third-order valence-electron chi connectivity index (χ3n) is 4.92. The fraction of sp³-hybridized carbons (Fsp3) is 0.400. The van der Waals surface area contributed by atoms with E-state index in [0.29, 0.717) is 17.8 Å². The molecule has 27 heavy (non-hydrogen) atoms. The first-order chi connectivity index (χ1) is 12.8. The minimum atomic E-state index is -3.01. The van der Waals surface area contributed by atoms with Crippen LogP contribution in [0.15, 0.2) is 42.6 Å². The molecule has 144 valence electrons. The van der Waals surface area contributed by atoms with Crippen LogP contribution in [0, 0.1) is 6.92 Å². The lowest BCUT2D eigenvalue weighted by atomic mass is 9.95. The van der Waals surface area contributed by atoms with Crippen LogP contribution in [0.25, 0.3) is 0 Å². The monoisotopic (exact) mass is 387 g/mol. The van der Waals surface area contributed by atoms with Crippen LogP contribution in [0.4, 0.5) is 11.5 Å². The summed E-state index contributed by atoms with van der Waals surface area (Å²) in [4.78, 5) is 16.6. The molecule has 0 spiro atoms.